The maximum Gasteiger partial charge on any atom is 0.326 e. The Kier molecular flexibility index (Phi) is 8.30. The first kappa shape index (κ1) is 19.7. The zero-order chi connectivity index (χ0) is 17.4. The number of benzene rings is 1. The van der Waals surface area contributed by atoms with Gasteiger partial charge in [-0.05, 0) is 13.8 Å². The zero-order valence-corrected chi connectivity index (χ0v) is 14.9. The van der Waals surface area contributed by atoms with Gasteiger partial charge in [0.25, 0.3) is 0 Å². The summed E-state index contributed by atoms with van der Waals surface area (Å²) < 4.78 is 10.8. The van der Waals surface area contributed by atoms with Gasteiger partial charge >= 0.3 is 6.03 Å². The summed E-state index contributed by atoms with van der Waals surface area (Å²) in [6.07, 6.45) is 0. The van der Waals surface area contributed by atoms with Gasteiger partial charge in [-0.15, -0.1) is 23.2 Å². The average Bonchev–Trinajstić information content (AvgIpc) is 2.51. The Hall–Kier alpha value is -1.37. The molecule has 1 rings (SSSR count). The minimum atomic E-state index is -1.00. The van der Waals surface area contributed by atoms with Gasteiger partial charge in [-0.25, -0.2) is 4.79 Å². The average molecular weight is 384 g/mol. The number of imide groups is 1. The van der Waals surface area contributed by atoms with Crippen LogP contribution in [0.5, 0.6) is 11.5 Å². The molecule has 0 aliphatic rings. The Bertz CT molecular complexity index is 569. The quantitative estimate of drug-likeness (QED) is 0.705. The largest absolute Gasteiger partial charge is 0.492 e. The molecule has 0 heterocycles. The summed E-state index contributed by atoms with van der Waals surface area (Å²) >= 11 is 17.2. The lowest BCUT2D eigenvalue weighted by Crippen LogP contribution is -2.39. The lowest BCUT2D eigenvalue weighted by molar-refractivity contribution is -0.119. The smallest absolute Gasteiger partial charge is 0.326 e. The van der Waals surface area contributed by atoms with E-state index >= 15 is 0 Å². The minimum absolute atomic E-state index is 0.111. The molecule has 0 bridgehead atoms. The van der Waals surface area contributed by atoms with Crippen LogP contribution in [0.25, 0.3) is 0 Å². The van der Waals surface area contributed by atoms with Crippen molar-refractivity contribution in [1.29, 1.82) is 0 Å². The van der Waals surface area contributed by atoms with Crippen molar-refractivity contribution >= 4 is 52.4 Å². The monoisotopic (exact) mass is 382 g/mol. The number of carbonyl (C=O) groups is 2. The zero-order valence-electron chi connectivity index (χ0n) is 12.6. The number of hydrogen-bond acceptors (Lipinski definition) is 4. The van der Waals surface area contributed by atoms with Crippen molar-refractivity contribution in [2.24, 2.45) is 0 Å². The second-order valence-electron chi connectivity index (χ2n) is 4.21. The van der Waals surface area contributed by atoms with Crippen LogP contribution in [0.2, 0.25) is 5.02 Å². The van der Waals surface area contributed by atoms with E-state index in [0.29, 0.717) is 35.4 Å². The van der Waals surface area contributed by atoms with Crippen LogP contribution in [-0.2, 0) is 4.79 Å². The van der Waals surface area contributed by atoms with Crippen molar-refractivity contribution in [3.63, 3.8) is 0 Å². The number of amides is 3. The van der Waals surface area contributed by atoms with Gasteiger partial charge in [0, 0.05) is 18.0 Å². The van der Waals surface area contributed by atoms with Crippen LogP contribution in [0.15, 0.2) is 12.1 Å². The topological polar surface area (TPSA) is 76.7 Å². The fraction of sp³-hybridized carbons (Fsp3) is 0.429. The molecular weight excluding hydrogens is 367 g/mol. The summed E-state index contributed by atoms with van der Waals surface area (Å²) in [6.45, 7) is 4.37. The molecule has 2 N–H and O–H groups in total. The van der Waals surface area contributed by atoms with E-state index < -0.39 is 17.3 Å². The maximum atomic E-state index is 11.9. The molecule has 1 aromatic carbocycles. The van der Waals surface area contributed by atoms with Crippen molar-refractivity contribution in [2.75, 3.05) is 24.4 Å². The first-order valence-corrected chi connectivity index (χ1v) is 8.18. The molecule has 0 aliphatic carbocycles. The molecule has 3 amide bonds. The van der Waals surface area contributed by atoms with E-state index in [4.69, 9.17) is 44.3 Å². The van der Waals surface area contributed by atoms with E-state index in [1.807, 2.05) is 0 Å². The number of halogens is 3. The van der Waals surface area contributed by atoms with Crippen LogP contribution in [-0.4, -0.2) is 36.4 Å². The molecule has 1 unspecified atom stereocenters. The second kappa shape index (κ2) is 9.70. The molecule has 0 aromatic heterocycles. The molecule has 0 fully saturated rings. The number of carbonyl (C=O) groups excluding carboxylic acids is 2. The molecule has 9 heteroatoms. The van der Waals surface area contributed by atoms with Gasteiger partial charge in [0.1, 0.15) is 16.9 Å². The Morgan fingerprint density at radius 1 is 1.17 bits per heavy atom. The van der Waals surface area contributed by atoms with Gasteiger partial charge in [0.2, 0.25) is 5.91 Å². The first-order valence-electron chi connectivity index (χ1n) is 6.83. The highest BCUT2D eigenvalue weighted by Crippen LogP contribution is 2.36. The van der Waals surface area contributed by atoms with E-state index in [2.05, 4.69) is 10.6 Å². The van der Waals surface area contributed by atoms with Crippen molar-refractivity contribution in [3.05, 3.63) is 17.2 Å². The third-order valence-electron chi connectivity index (χ3n) is 2.54. The fourth-order valence-electron chi connectivity index (χ4n) is 1.59. The van der Waals surface area contributed by atoms with E-state index in [1.54, 1.807) is 13.8 Å². The number of nitrogens with one attached hydrogen (secondary N) is 2. The van der Waals surface area contributed by atoms with Gasteiger partial charge < -0.3 is 14.8 Å². The summed E-state index contributed by atoms with van der Waals surface area (Å²) in [5.41, 5.74) is 0.307. The Balaban J connectivity index is 2.93. The van der Waals surface area contributed by atoms with E-state index in [1.165, 1.54) is 12.1 Å². The van der Waals surface area contributed by atoms with Crippen LogP contribution >= 0.6 is 34.8 Å². The standard InChI is InChI=1S/C14H17Cl3N2O4/c1-3-22-11-6-10(12(23-4-2)5-8(11)16)18-14(21)19-13(20)9(17)7-15/h5-6,9H,3-4,7H2,1-2H3,(H2,18,19,20,21). The number of urea groups is 1. The SMILES string of the molecule is CCOc1cc(NC(=O)NC(=O)C(Cl)CCl)c(OCC)cc1Cl. The second-order valence-corrected chi connectivity index (χ2v) is 5.45. The molecular formula is C14H17Cl3N2O4. The van der Waals surface area contributed by atoms with Gasteiger partial charge in [0.05, 0.1) is 23.9 Å². The Labute approximate surface area is 149 Å². The molecule has 23 heavy (non-hydrogen) atoms. The third-order valence-corrected chi connectivity index (χ3v) is 3.65. The molecule has 0 spiro atoms. The number of ether oxygens (including phenoxy) is 2. The van der Waals surface area contributed by atoms with Gasteiger partial charge in [0.15, 0.2) is 0 Å². The lowest BCUT2D eigenvalue weighted by Gasteiger charge is -2.15. The van der Waals surface area contributed by atoms with Crippen molar-refractivity contribution in [3.8, 4) is 11.5 Å². The molecule has 128 valence electrons. The molecule has 1 atom stereocenters. The summed E-state index contributed by atoms with van der Waals surface area (Å²) in [7, 11) is 0. The number of alkyl halides is 2. The molecule has 1 aromatic rings. The molecule has 0 saturated heterocycles. The van der Waals surface area contributed by atoms with Gasteiger partial charge in [-0.2, -0.15) is 0 Å². The maximum absolute atomic E-state index is 11.9. The number of anilines is 1. The summed E-state index contributed by atoms with van der Waals surface area (Å²) in [5, 5.41) is 3.92. The Morgan fingerprint density at radius 2 is 1.78 bits per heavy atom. The van der Waals surface area contributed by atoms with E-state index in [9.17, 15) is 9.59 Å². The predicted molar refractivity (Wildman–Crippen MR) is 91.3 cm³/mol. The van der Waals surface area contributed by atoms with Crippen LogP contribution in [0, 0.1) is 0 Å². The van der Waals surface area contributed by atoms with Gasteiger partial charge in [-0.3, -0.25) is 10.1 Å². The highest BCUT2D eigenvalue weighted by molar-refractivity contribution is 6.37. The molecule has 0 radical (unpaired) electrons. The summed E-state index contributed by atoms with van der Waals surface area (Å²) in [4.78, 5) is 23.4. The molecule has 0 saturated carbocycles. The van der Waals surface area contributed by atoms with Crippen LogP contribution in [0.3, 0.4) is 0 Å². The summed E-state index contributed by atoms with van der Waals surface area (Å²) in [6, 6.07) is 2.27. The normalized spacial score (nSPS) is 11.5. The van der Waals surface area contributed by atoms with Crippen molar-refractivity contribution in [2.45, 2.75) is 19.2 Å². The predicted octanol–water partition coefficient (Wildman–Crippen LogP) is 3.63. The van der Waals surface area contributed by atoms with Gasteiger partial charge in [-0.1, -0.05) is 11.6 Å². The van der Waals surface area contributed by atoms with E-state index in [0.717, 1.165) is 0 Å². The third kappa shape index (κ3) is 5.97. The van der Waals surface area contributed by atoms with E-state index in [-0.39, 0.29) is 5.88 Å². The van der Waals surface area contributed by atoms with Crippen LogP contribution in [0.4, 0.5) is 10.5 Å². The fourth-order valence-corrected chi connectivity index (χ4v) is 1.99. The first-order chi connectivity index (χ1) is 10.9. The highest BCUT2D eigenvalue weighted by atomic mass is 35.5. The highest BCUT2D eigenvalue weighted by Gasteiger charge is 2.18. The number of hydrogen-bond donors (Lipinski definition) is 2. The minimum Gasteiger partial charge on any atom is -0.492 e. The Morgan fingerprint density at radius 3 is 2.35 bits per heavy atom. The van der Waals surface area contributed by atoms with Crippen LogP contribution in [0.1, 0.15) is 13.8 Å². The van der Waals surface area contributed by atoms with Crippen molar-refractivity contribution in [1.82, 2.24) is 5.32 Å². The van der Waals surface area contributed by atoms with Crippen molar-refractivity contribution < 1.29 is 19.1 Å². The number of rotatable bonds is 7. The molecule has 6 nitrogen and oxygen atoms in total. The summed E-state index contributed by atoms with van der Waals surface area (Å²) in [5.74, 6) is -0.0741. The van der Waals surface area contributed by atoms with Crippen LogP contribution < -0.4 is 20.1 Å². The lowest BCUT2D eigenvalue weighted by atomic mass is 10.2. The molecule has 0 aliphatic heterocycles.